The van der Waals surface area contributed by atoms with Gasteiger partial charge in [0, 0.05) is 30.6 Å². The van der Waals surface area contributed by atoms with Gasteiger partial charge in [-0.1, -0.05) is 54.6 Å². The molecule has 16 heteroatoms. The number of nitriles is 1. The average Bonchev–Trinajstić information content (AvgIpc) is 3.28. The average molecular weight is 881 g/mol. The Morgan fingerprint density at radius 1 is 0.667 bits per heavy atom. The lowest BCUT2D eigenvalue weighted by atomic mass is 9.79. The van der Waals surface area contributed by atoms with Gasteiger partial charge < -0.3 is 32.7 Å². The molecule has 0 N–H and O–H groups in total. The second-order valence-electron chi connectivity index (χ2n) is 14.8. The number of hydrogen-bond donors (Lipinski definition) is 0. The van der Waals surface area contributed by atoms with Crippen molar-refractivity contribution in [2.24, 2.45) is 0 Å². The summed E-state index contributed by atoms with van der Waals surface area (Å²) in [5.41, 5.74) is 0.840. The van der Waals surface area contributed by atoms with Gasteiger partial charge in [0.2, 0.25) is 0 Å². The van der Waals surface area contributed by atoms with E-state index in [1.165, 1.54) is 18.2 Å². The van der Waals surface area contributed by atoms with Crippen LogP contribution in [0.4, 0.5) is 11.4 Å². The molecule has 1 atom stereocenters. The zero-order chi connectivity index (χ0) is 45.4. The van der Waals surface area contributed by atoms with Gasteiger partial charge in [0.1, 0.15) is 23.0 Å². The van der Waals surface area contributed by atoms with Crippen molar-refractivity contribution in [3.05, 3.63) is 163 Å². The van der Waals surface area contributed by atoms with Crippen molar-refractivity contribution in [1.82, 2.24) is 4.67 Å². The van der Waals surface area contributed by atoms with Gasteiger partial charge in [0.05, 0.1) is 80.7 Å². The minimum absolute atomic E-state index is 0.0557. The van der Waals surface area contributed by atoms with E-state index in [1.54, 1.807) is 56.7 Å². The fourth-order valence-corrected chi connectivity index (χ4v) is 8.60. The first-order valence-corrected chi connectivity index (χ1v) is 21.5. The molecule has 0 aromatic heterocycles. The van der Waals surface area contributed by atoms with Gasteiger partial charge in [-0.3, -0.25) is 20.2 Å². The van der Waals surface area contributed by atoms with Crippen molar-refractivity contribution in [2.75, 3.05) is 34.0 Å². The van der Waals surface area contributed by atoms with Crippen LogP contribution in [-0.2, 0) is 32.6 Å². The molecule has 0 heterocycles. The smallest absolute Gasteiger partial charge is 0.276 e. The normalized spacial score (nSPS) is 11.9. The number of benzene rings is 5. The third kappa shape index (κ3) is 12.5. The van der Waals surface area contributed by atoms with Crippen molar-refractivity contribution in [3.63, 3.8) is 0 Å². The van der Waals surface area contributed by atoms with Crippen molar-refractivity contribution in [2.45, 2.75) is 71.4 Å². The van der Waals surface area contributed by atoms with Crippen molar-refractivity contribution in [3.8, 4) is 29.1 Å². The van der Waals surface area contributed by atoms with Crippen LogP contribution in [-0.4, -0.2) is 60.6 Å². The van der Waals surface area contributed by atoms with Gasteiger partial charge in [-0.15, -0.1) is 0 Å². The molecule has 332 valence electrons. The molecular formula is C47H53N4O11P. The summed E-state index contributed by atoms with van der Waals surface area (Å²) in [5.74, 6) is 1.97. The highest BCUT2D eigenvalue weighted by molar-refractivity contribution is 7.44. The van der Waals surface area contributed by atoms with E-state index in [4.69, 9.17) is 38.0 Å². The van der Waals surface area contributed by atoms with Crippen LogP contribution >= 0.6 is 8.53 Å². The van der Waals surface area contributed by atoms with Crippen LogP contribution in [0.3, 0.4) is 0 Å². The number of ether oxygens (including phenoxy) is 5. The van der Waals surface area contributed by atoms with E-state index in [0.717, 1.165) is 5.56 Å². The highest BCUT2D eigenvalue weighted by Crippen LogP contribution is 2.48. The van der Waals surface area contributed by atoms with Crippen molar-refractivity contribution < 1.29 is 42.6 Å². The number of nitro benzene ring substituents is 2. The number of hydrogen-bond acceptors (Lipinski definition) is 13. The molecule has 0 radical (unpaired) electrons. The van der Waals surface area contributed by atoms with Gasteiger partial charge in [-0.05, 0) is 92.9 Å². The summed E-state index contributed by atoms with van der Waals surface area (Å²) in [5, 5.41) is 33.9. The first kappa shape index (κ1) is 47.9. The highest BCUT2D eigenvalue weighted by Gasteiger charge is 2.43. The number of rotatable bonds is 25. The Bertz CT molecular complexity index is 2230. The van der Waals surface area contributed by atoms with Crippen molar-refractivity contribution in [1.29, 1.82) is 5.26 Å². The van der Waals surface area contributed by atoms with E-state index in [2.05, 4.69) is 6.07 Å². The van der Waals surface area contributed by atoms with Gasteiger partial charge in [0.25, 0.3) is 19.9 Å². The number of methoxy groups -OCH3 is 2. The molecule has 0 spiro atoms. The second-order valence-corrected chi connectivity index (χ2v) is 16.2. The molecule has 0 aliphatic carbocycles. The molecule has 5 aromatic carbocycles. The Balaban J connectivity index is 1.39. The molecule has 0 aliphatic rings. The molecule has 63 heavy (non-hydrogen) atoms. The monoisotopic (exact) mass is 880 g/mol. The summed E-state index contributed by atoms with van der Waals surface area (Å²) >= 11 is 0. The van der Waals surface area contributed by atoms with Gasteiger partial charge in [-0.25, -0.2) is 4.67 Å². The van der Waals surface area contributed by atoms with Crippen LogP contribution in [0.15, 0.2) is 115 Å². The fourth-order valence-electron chi connectivity index (χ4n) is 7.01. The van der Waals surface area contributed by atoms with Crippen LogP contribution in [0.25, 0.3) is 0 Å². The topological polar surface area (TPSA) is 178 Å². The molecule has 0 saturated heterocycles. The summed E-state index contributed by atoms with van der Waals surface area (Å²) in [6.45, 7) is 8.56. The maximum atomic E-state index is 12.8. The SMILES string of the molecule is COc1ccc(C(OCc2ccccc2)(c2ccc(OC)cc2)c2cc(OCCCOc3ccc([N+](=O)[O-])c(COP(OCCC#N)N(C(C)C)C(C)C)c3)ccc2[N+](=O)[O-])cc1. The molecule has 15 nitrogen and oxygen atoms in total. The van der Waals surface area contributed by atoms with Crippen LogP contribution in [0.1, 0.15) is 68.4 Å². The minimum Gasteiger partial charge on any atom is -0.497 e. The maximum absolute atomic E-state index is 12.8. The van der Waals surface area contributed by atoms with Crippen LogP contribution in [0.2, 0.25) is 0 Å². The van der Waals surface area contributed by atoms with E-state index in [1.807, 2.05) is 87.0 Å². The molecule has 0 bridgehead atoms. The Hall–Kier alpha value is -6.14. The lowest BCUT2D eigenvalue weighted by Crippen LogP contribution is -2.33. The summed E-state index contributed by atoms with van der Waals surface area (Å²) < 4.78 is 44.3. The van der Waals surface area contributed by atoms with Crippen LogP contribution < -0.4 is 18.9 Å². The Kier molecular flexibility index (Phi) is 17.8. The summed E-state index contributed by atoms with van der Waals surface area (Å²) in [6.07, 6.45) is 0.583. The fraction of sp³-hybridized carbons (Fsp3) is 0.340. The first-order valence-electron chi connectivity index (χ1n) is 20.4. The van der Waals surface area contributed by atoms with E-state index in [9.17, 15) is 20.2 Å². The van der Waals surface area contributed by atoms with E-state index < -0.39 is 24.0 Å². The zero-order valence-electron chi connectivity index (χ0n) is 36.3. The molecular weight excluding hydrogens is 828 g/mol. The van der Waals surface area contributed by atoms with Gasteiger partial charge in [-0.2, -0.15) is 5.26 Å². The lowest BCUT2D eigenvalue weighted by Gasteiger charge is -2.36. The molecule has 0 amide bonds. The van der Waals surface area contributed by atoms with Crippen LogP contribution in [0.5, 0.6) is 23.0 Å². The van der Waals surface area contributed by atoms with Crippen LogP contribution in [0, 0.1) is 31.6 Å². The molecule has 0 saturated carbocycles. The zero-order valence-corrected chi connectivity index (χ0v) is 37.2. The Morgan fingerprint density at radius 2 is 1.19 bits per heavy atom. The molecule has 1 unspecified atom stereocenters. The second kappa shape index (κ2) is 23.3. The summed E-state index contributed by atoms with van der Waals surface area (Å²) in [7, 11) is 1.50. The standard InChI is InChI=1S/C47H53N4O11P/c1-34(2)49(35(3)4)63(61-29-10-26-48)62-33-37-30-42(22-24-45(37)50(52)53)58-27-11-28-59-43-23-25-46(51(54)55)44(31-43)47(38-14-18-40(56-5)19-15-38,39-16-20-41(57-6)21-17-39)60-32-36-12-8-7-9-13-36/h7-9,12-25,30-31,34-35H,10-11,27-29,32-33H2,1-6H3. The minimum atomic E-state index is -1.63. The van der Waals surface area contributed by atoms with Gasteiger partial charge >= 0.3 is 0 Å². The van der Waals surface area contributed by atoms with E-state index in [-0.39, 0.29) is 68.5 Å². The lowest BCUT2D eigenvalue weighted by molar-refractivity contribution is -0.386. The summed E-state index contributed by atoms with van der Waals surface area (Å²) in [6, 6.07) is 35.3. The molecule has 0 fully saturated rings. The number of nitro groups is 2. The largest absolute Gasteiger partial charge is 0.497 e. The predicted octanol–water partition coefficient (Wildman–Crippen LogP) is 10.7. The van der Waals surface area contributed by atoms with E-state index in [0.29, 0.717) is 46.1 Å². The van der Waals surface area contributed by atoms with Crippen molar-refractivity contribution >= 4 is 19.9 Å². The maximum Gasteiger partial charge on any atom is 0.276 e. The Morgan fingerprint density at radius 3 is 1.70 bits per heavy atom. The quantitative estimate of drug-likeness (QED) is 0.0178. The Labute approximate surface area is 369 Å². The molecule has 0 aliphatic heterocycles. The summed E-state index contributed by atoms with van der Waals surface area (Å²) in [4.78, 5) is 23.9. The third-order valence-corrected chi connectivity index (χ3v) is 12.0. The molecule has 5 rings (SSSR count). The predicted molar refractivity (Wildman–Crippen MR) is 239 cm³/mol. The first-order chi connectivity index (χ1) is 30.4. The van der Waals surface area contributed by atoms with Gasteiger partial charge in [0.15, 0.2) is 5.60 Å². The van der Waals surface area contributed by atoms with E-state index >= 15 is 0 Å². The number of nitrogens with zero attached hydrogens (tertiary/aromatic N) is 4. The molecule has 5 aromatic rings. The third-order valence-electron chi connectivity index (χ3n) is 9.90. The highest BCUT2D eigenvalue weighted by atomic mass is 31.2.